The van der Waals surface area contributed by atoms with E-state index in [1.165, 1.54) is 0 Å². The molecule has 0 atom stereocenters. The number of carbonyl (C=O) groups excluding carboxylic acids is 1. The number of carbonyl (C=O) groups is 1. The van der Waals surface area contributed by atoms with Crippen molar-refractivity contribution in [3.8, 4) is 0 Å². The van der Waals surface area contributed by atoms with Gasteiger partial charge >= 0.3 is 0 Å². The maximum Gasteiger partial charge on any atom is 0.273 e. The zero-order valence-corrected chi connectivity index (χ0v) is 11.3. The quantitative estimate of drug-likeness (QED) is 0.769. The van der Waals surface area contributed by atoms with Crippen LogP contribution < -0.4 is 11.1 Å². The molecule has 3 N–H and O–H groups in total. The second kappa shape index (κ2) is 6.12. The highest BCUT2D eigenvalue weighted by Crippen LogP contribution is 2.28. The lowest BCUT2D eigenvalue weighted by Gasteiger charge is -2.33. The summed E-state index contributed by atoms with van der Waals surface area (Å²) in [5, 5.41) is 10.6. The Kier molecular flexibility index (Phi) is 4.49. The fourth-order valence-corrected chi connectivity index (χ4v) is 2.07. The number of ether oxygens (including phenoxy) is 1. The van der Waals surface area contributed by atoms with Crippen LogP contribution in [0.1, 0.15) is 30.3 Å². The number of nitrogens with two attached hydrogens (primary N) is 1. The molecule has 2 rings (SSSR count). The van der Waals surface area contributed by atoms with Crippen LogP contribution in [-0.4, -0.2) is 47.2 Å². The van der Waals surface area contributed by atoms with Crippen molar-refractivity contribution in [2.45, 2.75) is 26.3 Å². The third kappa shape index (κ3) is 3.74. The average Bonchev–Trinajstić information content (AvgIpc) is 2.86. The zero-order chi connectivity index (χ0) is 13.7. The van der Waals surface area contributed by atoms with E-state index in [0.717, 1.165) is 26.1 Å². The van der Waals surface area contributed by atoms with Crippen LogP contribution >= 0.6 is 0 Å². The first-order valence-corrected chi connectivity index (χ1v) is 6.59. The summed E-state index contributed by atoms with van der Waals surface area (Å²) in [4.78, 5) is 12.0. The molecule has 0 spiro atoms. The van der Waals surface area contributed by atoms with Gasteiger partial charge in [-0.2, -0.15) is 0 Å². The number of nitrogens with one attached hydrogen (secondary N) is 1. The fraction of sp³-hybridized carbons (Fsp3) is 0.750. The molecule has 0 radical (unpaired) electrons. The molecule has 0 aromatic carbocycles. The fourth-order valence-electron chi connectivity index (χ4n) is 2.07. The predicted octanol–water partition coefficient (Wildman–Crippen LogP) is -0.217. The minimum Gasteiger partial charge on any atom is -0.381 e. The summed E-state index contributed by atoms with van der Waals surface area (Å²) in [6.07, 6.45) is 3.55. The smallest absolute Gasteiger partial charge is 0.273 e. The van der Waals surface area contributed by atoms with Crippen molar-refractivity contribution in [2.75, 3.05) is 26.3 Å². The van der Waals surface area contributed by atoms with Crippen LogP contribution in [-0.2, 0) is 11.3 Å². The maximum absolute atomic E-state index is 12.0. The van der Waals surface area contributed by atoms with Crippen LogP contribution in [0.3, 0.4) is 0 Å². The Hall–Kier alpha value is -1.47. The number of hydrogen-bond donors (Lipinski definition) is 2. The van der Waals surface area contributed by atoms with E-state index in [1.54, 1.807) is 10.9 Å². The number of hydrogen-bond acceptors (Lipinski definition) is 5. The summed E-state index contributed by atoms with van der Waals surface area (Å²) < 4.78 is 6.91. The van der Waals surface area contributed by atoms with E-state index in [1.807, 2.05) is 0 Å². The van der Waals surface area contributed by atoms with E-state index in [0.29, 0.717) is 25.3 Å². The molecule has 106 valence electrons. The SMILES string of the molecule is CC1(CNC(=O)c2cn(CCN)nn2)CCOCC1. The molecule has 1 aromatic rings. The molecule has 1 aliphatic heterocycles. The lowest BCUT2D eigenvalue weighted by molar-refractivity contribution is 0.0238. The third-order valence-electron chi connectivity index (χ3n) is 3.51. The van der Waals surface area contributed by atoms with Crippen molar-refractivity contribution in [2.24, 2.45) is 11.1 Å². The van der Waals surface area contributed by atoms with Gasteiger partial charge in [0.05, 0.1) is 12.7 Å². The van der Waals surface area contributed by atoms with Crippen LogP contribution in [0.2, 0.25) is 0 Å². The summed E-state index contributed by atoms with van der Waals surface area (Å²) in [6, 6.07) is 0. The van der Waals surface area contributed by atoms with E-state index >= 15 is 0 Å². The van der Waals surface area contributed by atoms with Crippen LogP contribution in [0.5, 0.6) is 0 Å². The molecule has 1 aliphatic rings. The highest BCUT2D eigenvalue weighted by atomic mass is 16.5. The van der Waals surface area contributed by atoms with Crippen molar-refractivity contribution in [1.29, 1.82) is 0 Å². The highest BCUT2D eigenvalue weighted by Gasteiger charge is 2.28. The molecule has 7 nitrogen and oxygen atoms in total. The standard InChI is InChI=1S/C12H21N5O2/c1-12(2-6-19-7-3-12)9-14-11(18)10-8-17(5-4-13)16-15-10/h8H,2-7,9,13H2,1H3,(H,14,18). The summed E-state index contributed by atoms with van der Waals surface area (Å²) in [7, 11) is 0. The summed E-state index contributed by atoms with van der Waals surface area (Å²) in [5.74, 6) is -0.184. The van der Waals surface area contributed by atoms with Gasteiger partial charge < -0.3 is 15.8 Å². The van der Waals surface area contributed by atoms with Gasteiger partial charge in [0.15, 0.2) is 5.69 Å². The molecule has 0 bridgehead atoms. The van der Waals surface area contributed by atoms with E-state index in [2.05, 4.69) is 22.6 Å². The average molecular weight is 267 g/mol. The van der Waals surface area contributed by atoms with Crippen LogP contribution in [0.15, 0.2) is 6.20 Å². The summed E-state index contributed by atoms with van der Waals surface area (Å²) in [6.45, 7) is 5.37. The Labute approximate surface area is 112 Å². The van der Waals surface area contributed by atoms with Crippen LogP contribution in [0, 0.1) is 5.41 Å². The molecule has 0 aliphatic carbocycles. The molecule has 0 unspecified atom stereocenters. The normalized spacial score (nSPS) is 18.2. The first kappa shape index (κ1) is 14.0. The first-order chi connectivity index (χ1) is 9.13. The van der Waals surface area contributed by atoms with Gasteiger partial charge in [0.2, 0.25) is 0 Å². The van der Waals surface area contributed by atoms with E-state index in [9.17, 15) is 4.79 Å². The lowest BCUT2D eigenvalue weighted by Crippen LogP contribution is -2.39. The van der Waals surface area contributed by atoms with Crippen LogP contribution in [0.4, 0.5) is 0 Å². The Morgan fingerprint density at radius 3 is 3.00 bits per heavy atom. The molecule has 1 amide bonds. The minimum atomic E-state index is -0.184. The summed E-state index contributed by atoms with van der Waals surface area (Å²) >= 11 is 0. The first-order valence-electron chi connectivity index (χ1n) is 6.59. The Morgan fingerprint density at radius 2 is 2.32 bits per heavy atom. The van der Waals surface area contributed by atoms with Gasteiger partial charge in [-0.3, -0.25) is 9.48 Å². The van der Waals surface area contributed by atoms with Crippen LogP contribution in [0.25, 0.3) is 0 Å². The molecule has 1 fully saturated rings. The van der Waals surface area contributed by atoms with E-state index < -0.39 is 0 Å². The predicted molar refractivity (Wildman–Crippen MR) is 69.6 cm³/mol. The van der Waals surface area contributed by atoms with Gasteiger partial charge in [-0.1, -0.05) is 12.1 Å². The number of rotatable bonds is 5. The molecular formula is C12H21N5O2. The van der Waals surface area contributed by atoms with E-state index in [-0.39, 0.29) is 11.3 Å². The van der Waals surface area contributed by atoms with Crippen molar-refractivity contribution in [3.63, 3.8) is 0 Å². The maximum atomic E-state index is 12.0. The summed E-state index contributed by atoms with van der Waals surface area (Å²) in [5.41, 5.74) is 5.87. The number of amides is 1. The Balaban J connectivity index is 1.86. The van der Waals surface area contributed by atoms with Crippen molar-refractivity contribution in [3.05, 3.63) is 11.9 Å². The van der Waals surface area contributed by atoms with Gasteiger partial charge in [-0.15, -0.1) is 5.10 Å². The largest absolute Gasteiger partial charge is 0.381 e. The van der Waals surface area contributed by atoms with Gasteiger partial charge in [-0.25, -0.2) is 0 Å². The topological polar surface area (TPSA) is 95.1 Å². The third-order valence-corrected chi connectivity index (χ3v) is 3.51. The van der Waals surface area contributed by atoms with Gasteiger partial charge in [0, 0.05) is 26.3 Å². The molecule has 0 saturated carbocycles. The van der Waals surface area contributed by atoms with Crippen molar-refractivity contribution < 1.29 is 9.53 Å². The number of nitrogens with zero attached hydrogens (tertiary/aromatic N) is 3. The second-order valence-corrected chi connectivity index (χ2v) is 5.26. The Morgan fingerprint density at radius 1 is 1.58 bits per heavy atom. The molecule has 7 heteroatoms. The highest BCUT2D eigenvalue weighted by molar-refractivity contribution is 5.91. The lowest BCUT2D eigenvalue weighted by atomic mass is 9.82. The zero-order valence-electron chi connectivity index (χ0n) is 11.3. The van der Waals surface area contributed by atoms with Gasteiger partial charge in [-0.05, 0) is 18.3 Å². The van der Waals surface area contributed by atoms with Gasteiger partial charge in [0.1, 0.15) is 0 Å². The molecule has 19 heavy (non-hydrogen) atoms. The molecule has 1 saturated heterocycles. The second-order valence-electron chi connectivity index (χ2n) is 5.26. The molecular weight excluding hydrogens is 246 g/mol. The molecule has 1 aromatic heterocycles. The number of aromatic nitrogens is 3. The van der Waals surface area contributed by atoms with Crippen molar-refractivity contribution in [1.82, 2.24) is 20.3 Å². The minimum absolute atomic E-state index is 0.112. The van der Waals surface area contributed by atoms with E-state index in [4.69, 9.17) is 10.5 Å². The Bertz CT molecular complexity index is 426. The monoisotopic (exact) mass is 267 g/mol. The van der Waals surface area contributed by atoms with Crippen molar-refractivity contribution >= 4 is 5.91 Å². The van der Waals surface area contributed by atoms with Gasteiger partial charge in [0.25, 0.3) is 5.91 Å². The molecule has 2 heterocycles.